The number of fused-ring (bicyclic) bond motifs is 2. The number of thiophene rings is 1. The second-order valence-electron chi connectivity index (χ2n) is 12.7. The highest BCUT2D eigenvalue weighted by Gasteiger charge is 2.49. The summed E-state index contributed by atoms with van der Waals surface area (Å²) in [5.41, 5.74) is 4.94. The Labute approximate surface area is 270 Å². The number of benzene rings is 2. The fourth-order valence-electron chi connectivity index (χ4n) is 8.07. The van der Waals surface area contributed by atoms with Crippen molar-refractivity contribution in [3.05, 3.63) is 50.6 Å². The molecule has 6 heterocycles. The number of nitrogen functional groups attached to an aromatic ring is 1. The molecule has 0 saturated carbocycles. The summed E-state index contributed by atoms with van der Waals surface area (Å²) in [4.78, 5) is 24.3. The third kappa shape index (κ3) is 4.33. The van der Waals surface area contributed by atoms with E-state index >= 15 is 4.39 Å². The van der Waals surface area contributed by atoms with Crippen LogP contribution in [0.2, 0.25) is 5.02 Å². The highest BCUT2D eigenvalue weighted by molar-refractivity contribution is 7.23. The zero-order chi connectivity index (χ0) is 31.9. The molecule has 2 unspecified atom stereocenters. The normalized spacial score (nSPS) is 24.8. The number of rotatable bonds is 5. The molecule has 4 aliphatic rings. The van der Waals surface area contributed by atoms with Crippen LogP contribution in [0.25, 0.3) is 37.1 Å². The van der Waals surface area contributed by atoms with E-state index in [1.54, 1.807) is 0 Å². The van der Waals surface area contributed by atoms with Gasteiger partial charge in [0, 0.05) is 23.9 Å². The predicted molar refractivity (Wildman–Crippen MR) is 171 cm³/mol. The van der Waals surface area contributed by atoms with E-state index in [9.17, 15) is 13.6 Å². The van der Waals surface area contributed by atoms with Crippen LogP contribution in [0.1, 0.15) is 38.1 Å². The Hall–Kier alpha value is -3.57. The average molecular weight is 671 g/mol. The number of piperidine rings is 1. The first kappa shape index (κ1) is 29.8. The second kappa shape index (κ2) is 11.0. The number of ether oxygens (including phenoxy) is 2. The first-order valence-corrected chi connectivity index (χ1v) is 16.6. The Morgan fingerprint density at radius 2 is 2.11 bits per heavy atom. The fourth-order valence-corrected chi connectivity index (χ4v) is 9.33. The van der Waals surface area contributed by atoms with Crippen LogP contribution >= 0.6 is 22.9 Å². The number of nitrogens with one attached hydrogen (secondary N) is 1. The summed E-state index contributed by atoms with van der Waals surface area (Å²) in [5, 5.41) is 3.45. The molecule has 4 aliphatic heterocycles. The summed E-state index contributed by atoms with van der Waals surface area (Å²) in [7, 11) is 0. The molecule has 8 rings (SSSR count). The summed E-state index contributed by atoms with van der Waals surface area (Å²) in [5.74, 6) is -1.60. The maximum atomic E-state index is 17.1. The van der Waals surface area contributed by atoms with Crippen molar-refractivity contribution in [1.82, 2.24) is 19.8 Å². The highest BCUT2D eigenvalue weighted by atomic mass is 35.5. The monoisotopic (exact) mass is 670 g/mol. The van der Waals surface area contributed by atoms with E-state index in [-0.39, 0.29) is 78.7 Å². The molecule has 0 aliphatic carbocycles. The van der Waals surface area contributed by atoms with Gasteiger partial charge in [-0.05, 0) is 62.9 Å². The predicted octanol–water partition coefficient (Wildman–Crippen LogP) is 6.23. The van der Waals surface area contributed by atoms with Crippen molar-refractivity contribution in [3.8, 4) is 22.8 Å². The SMILES string of the molecule is [C-]#[N+]c1c(N)sc2c(F)ccc(-c3c(Cl)c4c5c(nc(OCC67CCCN6C[C@H](F)C7)c(=O)n5C(C5CCNCC5)CO4)c3F)c12. The Morgan fingerprint density at radius 3 is 2.89 bits per heavy atom. The Morgan fingerprint density at radius 1 is 1.30 bits per heavy atom. The zero-order valence-electron chi connectivity index (χ0n) is 24.7. The Kier molecular flexibility index (Phi) is 7.13. The summed E-state index contributed by atoms with van der Waals surface area (Å²) in [6, 6.07) is 2.11. The van der Waals surface area contributed by atoms with Crippen LogP contribution in [0.4, 0.5) is 23.9 Å². The van der Waals surface area contributed by atoms with E-state index in [0.717, 1.165) is 56.7 Å². The number of nitrogens with zero attached hydrogens (tertiary/aromatic N) is 4. The van der Waals surface area contributed by atoms with Crippen molar-refractivity contribution in [2.45, 2.75) is 49.9 Å². The summed E-state index contributed by atoms with van der Waals surface area (Å²) in [6.07, 6.45) is 2.51. The van der Waals surface area contributed by atoms with E-state index in [2.05, 4.69) is 20.0 Å². The lowest BCUT2D eigenvalue weighted by Crippen LogP contribution is -2.45. The van der Waals surface area contributed by atoms with Crippen molar-refractivity contribution in [2.75, 3.05) is 45.1 Å². The smallest absolute Gasteiger partial charge is 0.314 e. The van der Waals surface area contributed by atoms with Gasteiger partial charge in [-0.2, -0.15) is 0 Å². The first-order valence-electron chi connectivity index (χ1n) is 15.4. The number of anilines is 1. The summed E-state index contributed by atoms with van der Waals surface area (Å²) in [6.45, 7) is 10.5. The fraction of sp³-hybridized carbons (Fsp3) is 0.469. The van der Waals surface area contributed by atoms with E-state index in [1.165, 1.54) is 16.7 Å². The molecule has 3 N–H and O–H groups in total. The lowest BCUT2D eigenvalue weighted by Gasteiger charge is -2.36. The average Bonchev–Trinajstić information content (AvgIpc) is 3.70. The van der Waals surface area contributed by atoms with E-state index in [0.29, 0.717) is 13.0 Å². The Balaban J connectivity index is 1.35. The Bertz CT molecular complexity index is 2030. The number of halogens is 4. The van der Waals surface area contributed by atoms with Crippen molar-refractivity contribution >= 4 is 54.7 Å². The largest absolute Gasteiger partial charge is 0.488 e. The molecule has 14 heteroatoms. The van der Waals surface area contributed by atoms with Crippen LogP contribution in [-0.2, 0) is 0 Å². The van der Waals surface area contributed by atoms with Crippen LogP contribution in [-0.4, -0.2) is 65.6 Å². The van der Waals surface area contributed by atoms with Gasteiger partial charge in [0.1, 0.15) is 36.2 Å². The van der Waals surface area contributed by atoms with Gasteiger partial charge in [-0.15, -0.1) is 11.3 Å². The number of nitrogens with two attached hydrogens (primary N) is 1. The number of aromatic nitrogens is 2. The van der Waals surface area contributed by atoms with Gasteiger partial charge < -0.3 is 20.5 Å². The van der Waals surface area contributed by atoms with Gasteiger partial charge in [0.05, 0.1) is 32.9 Å². The van der Waals surface area contributed by atoms with Crippen LogP contribution < -0.4 is 26.1 Å². The molecule has 0 amide bonds. The molecule has 46 heavy (non-hydrogen) atoms. The van der Waals surface area contributed by atoms with Gasteiger partial charge in [-0.3, -0.25) is 14.3 Å². The molecule has 4 aromatic rings. The van der Waals surface area contributed by atoms with Crippen LogP contribution in [0.3, 0.4) is 0 Å². The van der Waals surface area contributed by atoms with Crippen LogP contribution in [0.15, 0.2) is 16.9 Å². The molecular formula is C32H30ClF3N6O3S. The van der Waals surface area contributed by atoms with Crippen LogP contribution in [0.5, 0.6) is 11.6 Å². The van der Waals surface area contributed by atoms with Gasteiger partial charge in [-0.25, -0.2) is 23.0 Å². The molecule has 2 aromatic carbocycles. The lowest BCUT2D eigenvalue weighted by molar-refractivity contribution is 0.107. The zero-order valence-corrected chi connectivity index (χ0v) is 26.2. The standard InChI is InChI=1S/C32H30ClF3N6O3S/c1-38-24-21-17(3-4-18(35)28(21)46-29(24)37)20-22(33)27-26-25(23(20)36)40-30(45-14-32-7-2-10-41(32)12-16(34)11-32)31(43)42(26)19(13-44-27)15-5-8-39-9-6-15/h3-4,15-16,19,39H,2,5-14,37H2/t16-,19?,32?/m1/s1. The maximum absolute atomic E-state index is 17.1. The van der Waals surface area contributed by atoms with Crippen molar-refractivity contribution in [1.29, 1.82) is 0 Å². The van der Waals surface area contributed by atoms with Crippen molar-refractivity contribution in [3.63, 3.8) is 0 Å². The minimum atomic E-state index is -0.985. The molecule has 240 valence electrons. The molecule has 9 nitrogen and oxygen atoms in total. The van der Waals surface area contributed by atoms with E-state index < -0.39 is 34.9 Å². The van der Waals surface area contributed by atoms with Crippen LogP contribution in [0, 0.1) is 24.1 Å². The number of hydrogen-bond acceptors (Lipinski definition) is 8. The molecule has 2 aromatic heterocycles. The minimum Gasteiger partial charge on any atom is -0.488 e. The second-order valence-corrected chi connectivity index (χ2v) is 14.1. The topological polar surface area (TPSA) is 99.0 Å². The number of hydrogen-bond donors (Lipinski definition) is 2. The van der Waals surface area contributed by atoms with Gasteiger partial charge in [0.2, 0.25) is 5.69 Å². The molecule has 3 fully saturated rings. The van der Waals surface area contributed by atoms with Gasteiger partial charge in [0.15, 0.2) is 11.6 Å². The molecule has 0 bridgehead atoms. The molecule has 3 saturated heterocycles. The van der Waals surface area contributed by atoms with E-state index in [1.807, 2.05) is 0 Å². The molecule has 0 radical (unpaired) electrons. The first-order chi connectivity index (χ1) is 22.2. The number of alkyl halides is 1. The van der Waals surface area contributed by atoms with Crippen molar-refractivity contribution < 1.29 is 22.6 Å². The lowest BCUT2D eigenvalue weighted by atomic mass is 9.89. The van der Waals surface area contributed by atoms with Gasteiger partial charge in [0.25, 0.3) is 5.88 Å². The third-order valence-corrected chi connectivity index (χ3v) is 11.6. The molecular weight excluding hydrogens is 641 g/mol. The summed E-state index contributed by atoms with van der Waals surface area (Å²) >= 11 is 7.83. The highest BCUT2D eigenvalue weighted by Crippen LogP contribution is 2.52. The minimum absolute atomic E-state index is 0.00402. The van der Waals surface area contributed by atoms with Gasteiger partial charge in [-0.1, -0.05) is 17.7 Å². The summed E-state index contributed by atoms with van der Waals surface area (Å²) < 4.78 is 60.5. The van der Waals surface area contributed by atoms with Crippen molar-refractivity contribution in [2.24, 2.45) is 5.92 Å². The molecule has 3 atom stereocenters. The third-order valence-electron chi connectivity index (χ3n) is 10.2. The van der Waals surface area contributed by atoms with E-state index in [4.69, 9.17) is 33.4 Å². The molecule has 0 spiro atoms. The quantitative estimate of drug-likeness (QED) is 0.243. The maximum Gasteiger partial charge on any atom is 0.314 e. The van der Waals surface area contributed by atoms with Gasteiger partial charge >= 0.3 is 5.56 Å².